The number of hydrogen-bond acceptors (Lipinski definition) is 8. The maximum absolute atomic E-state index is 12.4. The molecule has 3 fully saturated rings. The van der Waals surface area contributed by atoms with Gasteiger partial charge in [0.2, 0.25) is 11.8 Å². The number of piperidine rings is 1. The Morgan fingerprint density at radius 3 is 2.52 bits per heavy atom. The minimum atomic E-state index is -4.88. The van der Waals surface area contributed by atoms with Gasteiger partial charge in [-0.3, -0.25) is 29.8 Å². The Balaban J connectivity index is 1.49. The van der Waals surface area contributed by atoms with E-state index in [1.165, 1.54) is 0 Å². The van der Waals surface area contributed by atoms with Crippen molar-refractivity contribution >= 4 is 34.2 Å². The summed E-state index contributed by atoms with van der Waals surface area (Å²) in [5.41, 5.74) is 4.34. The highest BCUT2D eigenvalue weighted by Crippen LogP contribution is 2.30. The first kappa shape index (κ1) is 21.2. The van der Waals surface area contributed by atoms with Crippen LogP contribution < -0.4 is 16.2 Å². The van der Waals surface area contributed by atoms with Crippen LogP contribution in [0.3, 0.4) is 0 Å². The van der Waals surface area contributed by atoms with Gasteiger partial charge >= 0.3 is 16.4 Å². The van der Waals surface area contributed by atoms with Gasteiger partial charge in [-0.2, -0.15) is 13.5 Å². The number of amides is 5. The van der Waals surface area contributed by atoms with Crippen LogP contribution in [0.25, 0.3) is 0 Å². The molecular weight excluding hydrogens is 412 g/mol. The van der Waals surface area contributed by atoms with E-state index in [0.29, 0.717) is 31.2 Å². The normalized spacial score (nSPS) is 24.4. The first-order valence-corrected chi connectivity index (χ1v) is 10.4. The molecule has 3 aliphatic heterocycles. The van der Waals surface area contributed by atoms with Crippen molar-refractivity contribution in [2.45, 2.75) is 31.3 Å². The van der Waals surface area contributed by atoms with Gasteiger partial charge < -0.3 is 15.1 Å². The minimum absolute atomic E-state index is 0.0296. The number of nitrogens with one attached hydrogen (secondary N) is 3. The molecule has 3 saturated heterocycles. The molecule has 14 nitrogen and oxygen atoms in total. The molecule has 2 atom stereocenters. The molecule has 15 heteroatoms. The van der Waals surface area contributed by atoms with Crippen molar-refractivity contribution < 1.29 is 36.4 Å². The number of hydrazine groups is 1. The van der Waals surface area contributed by atoms with Crippen molar-refractivity contribution in [2.24, 2.45) is 0 Å². The second-order valence-corrected chi connectivity index (χ2v) is 7.86. The monoisotopic (exact) mass is 434 g/mol. The maximum Gasteiger partial charge on any atom is 0.418 e. The van der Waals surface area contributed by atoms with Gasteiger partial charge in [-0.05, 0) is 12.8 Å². The molecule has 0 aromatic carbocycles. The van der Waals surface area contributed by atoms with Crippen LogP contribution in [0.4, 0.5) is 4.79 Å². The fourth-order valence-corrected chi connectivity index (χ4v) is 3.91. The average Bonchev–Trinajstić information content (AvgIpc) is 2.90. The lowest BCUT2D eigenvalue weighted by Crippen LogP contribution is -2.54. The highest BCUT2D eigenvalue weighted by molar-refractivity contribution is 7.80. The third kappa shape index (κ3) is 5.11. The fraction of sp³-hybridized carbons (Fsp3) is 0.714. The molecule has 3 rings (SSSR count). The number of hydrogen-bond donors (Lipinski definition) is 4. The molecule has 0 aromatic rings. The summed E-state index contributed by atoms with van der Waals surface area (Å²) < 4.78 is 34.8. The Labute approximate surface area is 166 Å². The van der Waals surface area contributed by atoms with Crippen molar-refractivity contribution in [3.8, 4) is 0 Å². The minimum Gasteiger partial charge on any atom is -0.340 e. The van der Waals surface area contributed by atoms with Crippen LogP contribution in [-0.4, -0.2) is 96.4 Å². The molecule has 29 heavy (non-hydrogen) atoms. The van der Waals surface area contributed by atoms with Crippen LogP contribution in [0.5, 0.6) is 0 Å². The summed E-state index contributed by atoms with van der Waals surface area (Å²) in [4.78, 5) is 51.2. The van der Waals surface area contributed by atoms with Crippen molar-refractivity contribution in [3.05, 3.63) is 0 Å². The number of rotatable bonds is 5. The molecule has 4 N–H and O–H groups in total. The van der Waals surface area contributed by atoms with Crippen molar-refractivity contribution in [2.75, 3.05) is 32.7 Å². The van der Waals surface area contributed by atoms with E-state index in [1.807, 2.05) is 0 Å². The van der Waals surface area contributed by atoms with Crippen LogP contribution in [-0.2, 0) is 29.1 Å². The zero-order valence-electron chi connectivity index (χ0n) is 15.4. The van der Waals surface area contributed by atoms with Gasteiger partial charge in [0.05, 0.1) is 6.04 Å². The van der Waals surface area contributed by atoms with Gasteiger partial charge in [0, 0.05) is 32.7 Å². The number of piperazine rings is 1. The predicted molar refractivity (Wildman–Crippen MR) is 93.7 cm³/mol. The van der Waals surface area contributed by atoms with Crippen LogP contribution in [0.15, 0.2) is 0 Å². The molecule has 2 bridgehead atoms. The molecule has 0 saturated carbocycles. The Bertz CT molecular complexity index is 798. The lowest BCUT2D eigenvalue weighted by molar-refractivity contribution is -0.138. The quantitative estimate of drug-likeness (QED) is 0.199. The standard InChI is InChI=1S/C14H22N6O8S/c21-11(7-12(22)18-5-3-15-4-6-18)16-17-13(23)10-2-1-9-8-19(10)14(24)20(9)28-29(25,26)27/h9-10,15H,1-8H2,(H,16,21)(H,17,23)(H,25,26,27)/t9-,10-/m0/s1. The van der Waals surface area contributed by atoms with Gasteiger partial charge in [0.25, 0.3) is 5.91 Å². The number of fused-ring (bicyclic) bond motifs is 2. The summed E-state index contributed by atoms with van der Waals surface area (Å²) in [6, 6.07) is -2.47. The van der Waals surface area contributed by atoms with Crippen molar-refractivity contribution in [1.82, 2.24) is 31.0 Å². The van der Waals surface area contributed by atoms with E-state index in [4.69, 9.17) is 4.55 Å². The summed E-state index contributed by atoms with van der Waals surface area (Å²) in [5, 5.41) is 3.61. The zero-order chi connectivity index (χ0) is 21.2. The molecule has 3 heterocycles. The number of nitrogens with zero attached hydrogens (tertiary/aromatic N) is 3. The maximum atomic E-state index is 12.4. The summed E-state index contributed by atoms with van der Waals surface area (Å²) in [7, 11) is -4.88. The average molecular weight is 434 g/mol. The predicted octanol–water partition coefficient (Wildman–Crippen LogP) is -3.04. The molecule has 3 aliphatic rings. The van der Waals surface area contributed by atoms with Crippen LogP contribution in [0, 0.1) is 0 Å². The van der Waals surface area contributed by atoms with Crippen LogP contribution >= 0.6 is 0 Å². The third-order valence-corrected chi connectivity index (χ3v) is 5.26. The Morgan fingerprint density at radius 2 is 1.86 bits per heavy atom. The number of hydroxylamine groups is 2. The molecule has 0 unspecified atom stereocenters. The topological polar surface area (TPSA) is 178 Å². The smallest absolute Gasteiger partial charge is 0.340 e. The first-order valence-electron chi connectivity index (χ1n) is 9.00. The first-order chi connectivity index (χ1) is 13.7. The van der Waals surface area contributed by atoms with E-state index in [2.05, 4.69) is 20.5 Å². The number of carbonyl (C=O) groups excluding carboxylic acids is 4. The second-order valence-electron chi connectivity index (χ2n) is 6.85. The van der Waals surface area contributed by atoms with Gasteiger partial charge in [-0.25, -0.2) is 4.79 Å². The SMILES string of the molecule is O=C(CC(=O)N1CCNCC1)NNC(=O)[C@@H]1CC[C@H]2CN1C(=O)N2OS(=O)(=O)O. The highest BCUT2D eigenvalue weighted by atomic mass is 32.3. The van der Waals surface area contributed by atoms with Gasteiger partial charge in [0.1, 0.15) is 12.5 Å². The van der Waals surface area contributed by atoms with Crippen LogP contribution in [0.2, 0.25) is 0 Å². The summed E-state index contributed by atoms with van der Waals surface area (Å²) in [5.74, 6) is -1.74. The lowest BCUT2D eigenvalue weighted by Gasteiger charge is -2.29. The molecular formula is C14H22N6O8S. The Kier molecular flexibility index (Phi) is 6.21. The summed E-state index contributed by atoms with van der Waals surface area (Å²) in [6.45, 7) is 2.33. The van der Waals surface area contributed by atoms with Gasteiger partial charge in [-0.15, -0.1) is 4.28 Å². The molecule has 0 aliphatic carbocycles. The van der Waals surface area contributed by atoms with Crippen LogP contribution in [0.1, 0.15) is 19.3 Å². The Hall–Kier alpha value is -2.49. The molecule has 0 spiro atoms. The molecule has 0 aromatic heterocycles. The number of carbonyl (C=O) groups is 4. The van der Waals surface area contributed by atoms with E-state index in [1.54, 1.807) is 4.90 Å². The zero-order valence-corrected chi connectivity index (χ0v) is 16.2. The van der Waals surface area contributed by atoms with E-state index in [0.717, 1.165) is 4.90 Å². The van der Waals surface area contributed by atoms with E-state index >= 15 is 0 Å². The van der Waals surface area contributed by atoms with Gasteiger partial charge in [-0.1, -0.05) is 0 Å². The van der Waals surface area contributed by atoms with Crippen molar-refractivity contribution in [3.63, 3.8) is 0 Å². The molecule has 0 radical (unpaired) electrons. The van der Waals surface area contributed by atoms with E-state index in [9.17, 15) is 27.6 Å². The molecule has 162 valence electrons. The number of urea groups is 1. The molecule has 5 amide bonds. The largest absolute Gasteiger partial charge is 0.418 e. The van der Waals surface area contributed by atoms with Gasteiger partial charge in [0.15, 0.2) is 0 Å². The fourth-order valence-electron chi connectivity index (χ4n) is 3.53. The third-order valence-electron chi connectivity index (χ3n) is 4.91. The summed E-state index contributed by atoms with van der Waals surface area (Å²) >= 11 is 0. The Morgan fingerprint density at radius 1 is 1.17 bits per heavy atom. The van der Waals surface area contributed by atoms with E-state index in [-0.39, 0.29) is 25.3 Å². The second kappa shape index (κ2) is 8.48. The van der Waals surface area contributed by atoms with Crippen molar-refractivity contribution in [1.29, 1.82) is 0 Å². The summed E-state index contributed by atoms with van der Waals surface area (Å²) in [6.07, 6.45) is 0.0278. The van der Waals surface area contributed by atoms with E-state index < -0.39 is 46.7 Å². The lowest BCUT2D eigenvalue weighted by atomic mass is 10.0. The highest BCUT2D eigenvalue weighted by Gasteiger charge is 2.49.